The van der Waals surface area contributed by atoms with Crippen molar-refractivity contribution in [2.45, 2.75) is 12.8 Å². The molecule has 0 aliphatic rings. The van der Waals surface area contributed by atoms with E-state index in [4.69, 9.17) is 0 Å². The van der Waals surface area contributed by atoms with Crippen molar-refractivity contribution in [2.75, 3.05) is 7.11 Å². The molecule has 1 unspecified atom stereocenters. The molecule has 3 nitrogen and oxygen atoms in total. The third-order valence-electron chi connectivity index (χ3n) is 1.82. The first-order chi connectivity index (χ1) is 6.25. The fourth-order valence-corrected chi connectivity index (χ4v) is 1.03. The van der Waals surface area contributed by atoms with Gasteiger partial charge in [-0.3, -0.25) is 4.89 Å². The third-order valence-corrected chi connectivity index (χ3v) is 1.82. The Hall–Kier alpha value is -1.35. The van der Waals surface area contributed by atoms with Gasteiger partial charge in [-0.2, -0.15) is 4.89 Å². The molecule has 1 aromatic carbocycles. The summed E-state index contributed by atoms with van der Waals surface area (Å²) in [5.74, 6) is -0.671. The average molecular weight is 180 g/mol. The summed E-state index contributed by atoms with van der Waals surface area (Å²) >= 11 is 0. The smallest absolute Gasteiger partial charge is 0.298 e. The van der Waals surface area contributed by atoms with Crippen LogP contribution in [0.1, 0.15) is 18.4 Å². The van der Waals surface area contributed by atoms with Crippen LogP contribution >= 0.6 is 0 Å². The van der Waals surface area contributed by atoms with Gasteiger partial charge in [-0.05, 0) is 12.5 Å². The van der Waals surface area contributed by atoms with Crippen LogP contribution in [0.3, 0.4) is 0 Å². The minimum absolute atomic E-state index is 0.291. The van der Waals surface area contributed by atoms with E-state index in [0.29, 0.717) is 0 Å². The Bertz CT molecular complexity index is 269. The van der Waals surface area contributed by atoms with E-state index in [1.165, 1.54) is 7.11 Å². The molecule has 0 radical (unpaired) electrons. The molecule has 13 heavy (non-hydrogen) atoms. The molecule has 0 aromatic heterocycles. The second-order valence-corrected chi connectivity index (χ2v) is 2.70. The molecule has 0 spiro atoms. The van der Waals surface area contributed by atoms with Crippen LogP contribution in [0.5, 0.6) is 0 Å². The Kier molecular flexibility index (Phi) is 3.46. The Morgan fingerprint density at radius 3 is 2.46 bits per heavy atom. The SMILES string of the molecule is COOC(=O)C(C)c1ccccc1. The maximum atomic E-state index is 11.2. The molecule has 0 saturated heterocycles. The maximum Gasteiger partial charge on any atom is 0.349 e. The normalized spacial score (nSPS) is 12.2. The van der Waals surface area contributed by atoms with Gasteiger partial charge in [-0.1, -0.05) is 30.3 Å². The molecule has 0 saturated carbocycles. The quantitative estimate of drug-likeness (QED) is 0.526. The monoisotopic (exact) mass is 180 g/mol. The molecular formula is C10H12O3. The van der Waals surface area contributed by atoms with Crippen LogP contribution in [0.15, 0.2) is 30.3 Å². The van der Waals surface area contributed by atoms with Crippen molar-refractivity contribution in [2.24, 2.45) is 0 Å². The highest BCUT2D eigenvalue weighted by Gasteiger charge is 2.16. The van der Waals surface area contributed by atoms with Gasteiger partial charge >= 0.3 is 5.97 Å². The molecule has 0 fully saturated rings. The number of benzene rings is 1. The zero-order valence-corrected chi connectivity index (χ0v) is 7.69. The van der Waals surface area contributed by atoms with Crippen LogP contribution in [0, 0.1) is 0 Å². The Morgan fingerprint density at radius 2 is 1.92 bits per heavy atom. The number of carbonyl (C=O) groups is 1. The molecular weight excluding hydrogens is 168 g/mol. The first-order valence-electron chi connectivity index (χ1n) is 4.05. The van der Waals surface area contributed by atoms with Gasteiger partial charge in [-0.15, -0.1) is 0 Å². The van der Waals surface area contributed by atoms with Gasteiger partial charge in [0.05, 0.1) is 13.0 Å². The van der Waals surface area contributed by atoms with E-state index in [1.807, 2.05) is 30.3 Å². The summed E-state index contributed by atoms with van der Waals surface area (Å²) in [5.41, 5.74) is 0.921. The van der Waals surface area contributed by atoms with Gasteiger partial charge in [0.1, 0.15) is 0 Å². The van der Waals surface area contributed by atoms with E-state index in [0.717, 1.165) is 5.56 Å². The highest BCUT2D eigenvalue weighted by molar-refractivity contribution is 5.77. The largest absolute Gasteiger partial charge is 0.349 e. The first kappa shape index (κ1) is 9.74. The van der Waals surface area contributed by atoms with E-state index in [-0.39, 0.29) is 11.9 Å². The predicted molar refractivity (Wildman–Crippen MR) is 48.0 cm³/mol. The van der Waals surface area contributed by atoms with Crippen molar-refractivity contribution in [3.8, 4) is 0 Å². The van der Waals surface area contributed by atoms with Crippen molar-refractivity contribution >= 4 is 5.97 Å². The Morgan fingerprint density at radius 1 is 1.31 bits per heavy atom. The van der Waals surface area contributed by atoms with Gasteiger partial charge in [0.25, 0.3) is 0 Å². The lowest BCUT2D eigenvalue weighted by Crippen LogP contribution is -2.12. The van der Waals surface area contributed by atoms with Crippen molar-refractivity contribution in [3.63, 3.8) is 0 Å². The number of carbonyl (C=O) groups excluding carboxylic acids is 1. The maximum absolute atomic E-state index is 11.2. The molecule has 0 aliphatic carbocycles. The van der Waals surface area contributed by atoms with Crippen LogP contribution in [-0.2, 0) is 14.6 Å². The number of rotatable bonds is 3. The topological polar surface area (TPSA) is 35.5 Å². The summed E-state index contributed by atoms with van der Waals surface area (Å²) in [7, 11) is 1.32. The van der Waals surface area contributed by atoms with E-state index in [1.54, 1.807) is 6.92 Å². The molecule has 0 heterocycles. The highest BCUT2D eigenvalue weighted by Crippen LogP contribution is 2.15. The second kappa shape index (κ2) is 4.62. The Labute approximate surface area is 77.2 Å². The standard InChI is InChI=1S/C10H12O3/c1-8(10(11)13-12-2)9-6-4-3-5-7-9/h3-8H,1-2H3. The van der Waals surface area contributed by atoms with E-state index >= 15 is 0 Å². The van der Waals surface area contributed by atoms with Crippen LogP contribution in [0.2, 0.25) is 0 Å². The van der Waals surface area contributed by atoms with Gasteiger partial charge in [0, 0.05) is 0 Å². The molecule has 1 atom stereocenters. The number of hydrogen-bond acceptors (Lipinski definition) is 3. The lowest BCUT2D eigenvalue weighted by Gasteiger charge is -2.08. The summed E-state index contributed by atoms with van der Waals surface area (Å²) in [5, 5.41) is 0. The predicted octanol–water partition coefficient (Wildman–Crippen LogP) is 1.89. The van der Waals surface area contributed by atoms with Gasteiger partial charge in [0.2, 0.25) is 0 Å². The third kappa shape index (κ3) is 2.56. The molecule has 3 heteroatoms. The van der Waals surface area contributed by atoms with Crippen molar-refractivity contribution < 1.29 is 14.6 Å². The lowest BCUT2D eigenvalue weighted by atomic mass is 10.0. The molecule has 0 amide bonds. The lowest BCUT2D eigenvalue weighted by molar-refractivity contribution is -0.256. The highest BCUT2D eigenvalue weighted by atomic mass is 17.2. The molecule has 70 valence electrons. The zero-order valence-electron chi connectivity index (χ0n) is 7.69. The average Bonchev–Trinajstić information content (AvgIpc) is 2.18. The van der Waals surface area contributed by atoms with Crippen LogP contribution < -0.4 is 0 Å². The number of hydrogen-bond donors (Lipinski definition) is 0. The van der Waals surface area contributed by atoms with Crippen molar-refractivity contribution in [1.29, 1.82) is 0 Å². The summed E-state index contributed by atoms with van der Waals surface area (Å²) in [6.45, 7) is 1.77. The first-order valence-corrected chi connectivity index (χ1v) is 4.05. The van der Waals surface area contributed by atoms with E-state index in [2.05, 4.69) is 9.78 Å². The van der Waals surface area contributed by atoms with Crippen LogP contribution in [0.4, 0.5) is 0 Å². The fraction of sp³-hybridized carbons (Fsp3) is 0.300. The minimum Gasteiger partial charge on any atom is -0.298 e. The summed E-state index contributed by atoms with van der Waals surface area (Å²) in [6.07, 6.45) is 0. The molecule has 1 aromatic rings. The van der Waals surface area contributed by atoms with Gasteiger partial charge < -0.3 is 0 Å². The molecule has 0 bridgehead atoms. The fourth-order valence-electron chi connectivity index (χ4n) is 1.03. The summed E-state index contributed by atoms with van der Waals surface area (Å²) in [4.78, 5) is 19.9. The van der Waals surface area contributed by atoms with Crippen molar-refractivity contribution in [1.82, 2.24) is 0 Å². The van der Waals surface area contributed by atoms with Crippen LogP contribution in [0.25, 0.3) is 0 Å². The minimum atomic E-state index is -0.381. The van der Waals surface area contributed by atoms with Gasteiger partial charge in [-0.25, -0.2) is 4.79 Å². The molecule has 0 aliphatic heterocycles. The van der Waals surface area contributed by atoms with Crippen molar-refractivity contribution in [3.05, 3.63) is 35.9 Å². The van der Waals surface area contributed by atoms with Crippen LogP contribution in [-0.4, -0.2) is 13.1 Å². The molecule has 0 N–H and O–H groups in total. The second-order valence-electron chi connectivity index (χ2n) is 2.70. The van der Waals surface area contributed by atoms with E-state index < -0.39 is 0 Å². The summed E-state index contributed by atoms with van der Waals surface area (Å²) < 4.78 is 0. The zero-order chi connectivity index (χ0) is 9.68. The van der Waals surface area contributed by atoms with Gasteiger partial charge in [0.15, 0.2) is 0 Å². The van der Waals surface area contributed by atoms with E-state index in [9.17, 15) is 4.79 Å². The molecule has 1 rings (SSSR count). The Balaban J connectivity index is 2.68. The summed E-state index contributed by atoms with van der Waals surface area (Å²) in [6, 6.07) is 9.42.